The number of rotatable bonds is 7. The van der Waals surface area contributed by atoms with Gasteiger partial charge < -0.3 is 10.6 Å². The monoisotopic (exact) mass is 359 g/mol. The van der Waals surface area contributed by atoms with Crippen molar-refractivity contribution in [3.05, 3.63) is 34.9 Å². The molecule has 0 aliphatic carbocycles. The first kappa shape index (κ1) is 19.8. The Kier molecular flexibility index (Phi) is 7.35. The molecule has 0 unspecified atom stereocenters. The first-order valence-corrected chi connectivity index (χ1v) is 9.89. The highest BCUT2D eigenvalue weighted by molar-refractivity contribution is 7.92. The molecule has 23 heavy (non-hydrogen) atoms. The molecular formula is C16H26ClN3O2S. The van der Waals surface area contributed by atoms with Crippen molar-refractivity contribution < 1.29 is 8.42 Å². The molecule has 0 fully saturated rings. The number of hydrogen-bond acceptors (Lipinski definition) is 3. The minimum absolute atomic E-state index is 0.207. The van der Waals surface area contributed by atoms with Crippen LogP contribution in [-0.4, -0.2) is 45.0 Å². The van der Waals surface area contributed by atoms with E-state index in [0.29, 0.717) is 19.0 Å². The van der Waals surface area contributed by atoms with Crippen molar-refractivity contribution in [1.29, 1.82) is 0 Å². The predicted molar refractivity (Wildman–Crippen MR) is 98.1 cm³/mol. The maximum Gasteiger partial charge on any atom is 0.191 e. The van der Waals surface area contributed by atoms with Crippen LogP contribution in [0, 0.1) is 0 Å². The van der Waals surface area contributed by atoms with E-state index in [9.17, 15) is 8.42 Å². The molecule has 0 aliphatic heterocycles. The molecule has 0 atom stereocenters. The van der Waals surface area contributed by atoms with Gasteiger partial charge in [0.1, 0.15) is 0 Å². The molecule has 0 spiro atoms. The van der Waals surface area contributed by atoms with Crippen LogP contribution >= 0.6 is 11.6 Å². The van der Waals surface area contributed by atoms with Gasteiger partial charge in [0.15, 0.2) is 15.8 Å². The lowest BCUT2D eigenvalue weighted by atomic mass is 10.1. The summed E-state index contributed by atoms with van der Waals surface area (Å²) >= 11 is 5.97. The van der Waals surface area contributed by atoms with Crippen LogP contribution in [0.5, 0.6) is 0 Å². The highest BCUT2D eigenvalue weighted by atomic mass is 35.5. The van der Waals surface area contributed by atoms with Crippen LogP contribution in [0.4, 0.5) is 0 Å². The van der Waals surface area contributed by atoms with Crippen LogP contribution < -0.4 is 10.6 Å². The van der Waals surface area contributed by atoms with Crippen LogP contribution in [0.1, 0.15) is 26.3 Å². The minimum atomic E-state index is -3.16. The van der Waals surface area contributed by atoms with Crippen LogP contribution in [0.3, 0.4) is 0 Å². The Hall–Kier alpha value is -1.27. The molecule has 0 saturated heterocycles. The molecule has 0 radical (unpaired) electrons. The smallest absolute Gasteiger partial charge is 0.191 e. The van der Waals surface area contributed by atoms with Gasteiger partial charge in [0.2, 0.25) is 0 Å². The Labute approximate surface area is 144 Å². The second-order valence-corrected chi connectivity index (χ2v) is 9.12. The Bertz CT molecular complexity index is 642. The van der Waals surface area contributed by atoms with Crippen molar-refractivity contribution in [3.8, 4) is 0 Å². The predicted octanol–water partition coefficient (Wildman–Crippen LogP) is 2.26. The van der Waals surface area contributed by atoms with Crippen molar-refractivity contribution in [2.75, 3.05) is 25.9 Å². The third-order valence-electron chi connectivity index (χ3n) is 3.56. The van der Waals surface area contributed by atoms with E-state index >= 15 is 0 Å². The van der Waals surface area contributed by atoms with Crippen LogP contribution in [0.2, 0.25) is 5.02 Å². The third-order valence-corrected chi connectivity index (χ3v) is 5.93. The molecule has 0 saturated carbocycles. The SMILES string of the molecule is CCNC(=NCC(C)(C)S(C)(=O)=O)NCCc1cccc(Cl)c1. The van der Waals surface area contributed by atoms with Crippen molar-refractivity contribution in [2.45, 2.75) is 31.9 Å². The fraction of sp³-hybridized carbons (Fsp3) is 0.562. The van der Waals surface area contributed by atoms with E-state index in [1.165, 1.54) is 6.26 Å². The molecule has 7 heteroatoms. The molecule has 1 rings (SSSR count). The first-order chi connectivity index (χ1) is 10.7. The van der Waals surface area contributed by atoms with Gasteiger partial charge >= 0.3 is 0 Å². The van der Waals surface area contributed by atoms with E-state index in [0.717, 1.165) is 17.0 Å². The summed E-state index contributed by atoms with van der Waals surface area (Å²) in [6.07, 6.45) is 2.04. The standard InChI is InChI=1S/C16H26ClN3O2S/c1-5-18-15(20-12-16(2,3)23(4,21)22)19-10-9-13-7-6-8-14(17)11-13/h6-8,11H,5,9-10,12H2,1-4H3,(H2,18,19,20). The average Bonchev–Trinajstić information content (AvgIpc) is 2.43. The lowest BCUT2D eigenvalue weighted by molar-refractivity contribution is 0.554. The molecule has 0 heterocycles. The van der Waals surface area contributed by atoms with Crippen molar-refractivity contribution in [1.82, 2.24) is 10.6 Å². The van der Waals surface area contributed by atoms with E-state index in [1.54, 1.807) is 13.8 Å². The van der Waals surface area contributed by atoms with Gasteiger partial charge in [0.25, 0.3) is 0 Å². The van der Waals surface area contributed by atoms with Crippen molar-refractivity contribution in [3.63, 3.8) is 0 Å². The molecule has 0 aliphatic rings. The first-order valence-electron chi connectivity index (χ1n) is 7.62. The average molecular weight is 360 g/mol. The second-order valence-electron chi connectivity index (χ2n) is 6.03. The van der Waals surface area contributed by atoms with Gasteiger partial charge in [0.05, 0.1) is 11.3 Å². The van der Waals surface area contributed by atoms with Crippen molar-refractivity contribution in [2.24, 2.45) is 4.99 Å². The van der Waals surface area contributed by atoms with E-state index in [1.807, 2.05) is 31.2 Å². The number of sulfone groups is 1. The number of nitrogens with one attached hydrogen (secondary N) is 2. The molecule has 130 valence electrons. The second kappa shape index (κ2) is 8.55. The van der Waals surface area contributed by atoms with E-state index in [4.69, 9.17) is 11.6 Å². The van der Waals surface area contributed by atoms with Crippen molar-refractivity contribution >= 4 is 27.4 Å². The highest BCUT2D eigenvalue weighted by Gasteiger charge is 2.29. The summed E-state index contributed by atoms with van der Waals surface area (Å²) in [5.41, 5.74) is 1.14. The Morgan fingerprint density at radius 2 is 2.00 bits per heavy atom. The lowest BCUT2D eigenvalue weighted by Gasteiger charge is -2.21. The van der Waals surface area contributed by atoms with Gasteiger partial charge in [-0.3, -0.25) is 4.99 Å². The van der Waals surface area contributed by atoms with Crippen LogP contribution in [0.25, 0.3) is 0 Å². The topological polar surface area (TPSA) is 70.6 Å². The van der Waals surface area contributed by atoms with Gasteiger partial charge in [-0.1, -0.05) is 23.7 Å². The summed E-state index contributed by atoms with van der Waals surface area (Å²) in [5.74, 6) is 0.617. The minimum Gasteiger partial charge on any atom is -0.357 e. The summed E-state index contributed by atoms with van der Waals surface area (Å²) in [5, 5.41) is 7.06. The molecule has 5 nitrogen and oxygen atoms in total. The van der Waals surface area contributed by atoms with Gasteiger partial charge in [-0.25, -0.2) is 8.42 Å². The molecule has 1 aromatic rings. The fourth-order valence-electron chi connectivity index (χ4n) is 1.75. The molecule has 0 bridgehead atoms. The number of guanidine groups is 1. The van der Waals surface area contributed by atoms with Gasteiger partial charge in [-0.05, 0) is 44.9 Å². The summed E-state index contributed by atoms with van der Waals surface area (Å²) < 4.78 is 22.6. The largest absolute Gasteiger partial charge is 0.357 e. The number of benzene rings is 1. The maximum atomic E-state index is 11.7. The third kappa shape index (κ3) is 6.79. The number of aliphatic imine (C=N–C) groups is 1. The fourth-order valence-corrected chi connectivity index (χ4v) is 2.26. The highest BCUT2D eigenvalue weighted by Crippen LogP contribution is 2.15. The zero-order valence-corrected chi connectivity index (χ0v) is 15.8. The molecule has 1 aromatic carbocycles. The molecule has 2 N–H and O–H groups in total. The Balaban J connectivity index is 2.63. The van der Waals surface area contributed by atoms with Crippen LogP contribution in [-0.2, 0) is 16.3 Å². The summed E-state index contributed by atoms with van der Waals surface area (Å²) in [7, 11) is -3.16. The quantitative estimate of drug-likeness (QED) is 0.578. The summed E-state index contributed by atoms with van der Waals surface area (Å²) in [4.78, 5) is 4.39. The van der Waals surface area contributed by atoms with Crippen LogP contribution in [0.15, 0.2) is 29.3 Å². The molecule has 0 aromatic heterocycles. The van der Waals surface area contributed by atoms with E-state index < -0.39 is 14.6 Å². The summed E-state index contributed by atoms with van der Waals surface area (Å²) in [6, 6.07) is 7.72. The van der Waals surface area contributed by atoms with E-state index in [2.05, 4.69) is 15.6 Å². The van der Waals surface area contributed by atoms with Gasteiger partial charge in [-0.15, -0.1) is 0 Å². The zero-order chi connectivity index (χ0) is 17.5. The number of hydrogen-bond donors (Lipinski definition) is 2. The Morgan fingerprint density at radius 1 is 1.30 bits per heavy atom. The lowest BCUT2D eigenvalue weighted by Crippen LogP contribution is -2.41. The molecular weight excluding hydrogens is 334 g/mol. The van der Waals surface area contributed by atoms with E-state index in [-0.39, 0.29) is 6.54 Å². The Morgan fingerprint density at radius 3 is 2.57 bits per heavy atom. The number of halogens is 1. The molecule has 0 amide bonds. The summed E-state index contributed by atoms with van der Waals surface area (Å²) in [6.45, 7) is 6.94. The maximum absolute atomic E-state index is 11.7. The normalized spacial score (nSPS) is 13.0. The zero-order valence-electron chi connectivity index (χ0n) is 14.2. The van der Waals surface area contributed by atoms with Gasteiger partial charge in [0, 0.05) is 24.4 Å². The number of nitrogens with zero attached hydrogens (tertiary/aromatic N) is 1. The van der Waals surface area contributed by atoms with Gasteiger partial charge in [-0.2, -0.15) is 0 Å².